The lowest BCUT2D eigenvalue weighted by molar-refractivity contribution is 0.191. The molecule has 1 saturated heterocycles. The van der Waals surface area contributed by atoms with Crippen LogP contribution in [-0.2, 0) is 6.42 Å². The van der Waals surface area contributed by atoms with E-state index in [1.807, 2.05) is 12.1 Å². The Hall–Kier alpha value is -1.02. The summed E-state index contributed by atoms with van der Waals surface area (Å²) in [6, 6.07) is 8.27. The molecule has 2 heteroatoms. The monoisotopic (exact) mass is 232 g/mol. The minimum Gasteiger partial charge on any atom is -0.399 e. The molecule has 0 aliphatic carbocycles. The molecule has 0 atom stereocenters. The summed E-state index contributed by atoms with van der Waals surface area (Å²) in [7, 11) is 0. The molecule has 1 fully saturated rings. The van der Waals surface area contributed by atoms with Gasteiger partial charge >= 0.3 is 0 Å². The number of nitrogens with zero attached hydrogens (tertiary/aromatic N) is 1. The van der Waals surface area contributed by atoms with Gasteiger partial charge < -0.3 is 10.6 Å². The van der Waals surface area contributed by atoms with E-state index in [0.29, 0.717) is 0 Å². The van der Waals surface area contributed by atoms with Crippen LogP contribution < -0.4 is 5.73 Å². The van der Waals surface area contributed by atoms with Crippen molar-refractivity contribution in [1.82, 2.24) is 4.90 Å². The van der Waals surface area contributed by atoms with E-state index in [1.54, 1.807) is 0 Å². The average molecular weight is 232 g/mol. The fourth-order valence-corrected chi connectivity index (χ4v) is 2.54. The number of piperidine rings is 1. The van der Waals surface area contributed by atoms with E-state index >= 15 is 0 Å². The van der Waals surface area contributed by atoms with Crippen LogP contribution in [-0.4, -0.2) is 24.5 Å². The molecular formula is C15H24N2. The Bertz CT molecular complexity index is 341. The van der Waals surface area contributed by atoms with Crippen molar-refractivity contribution in [2.45, 2.75) is 32.6 Å². The SMILES string of the molecule is CC1CCN(CCCc2cccc(N)c2)CC1. The molecule has 0 unspecified atom stereocenters. The van der Waals surface area contributed by atoms with Crippen LogP contribution in [0.15, 0.2) is 24.3 Å². The Kier molecular flexibility index (Phi) is 4.43. The number of likely N-dealkylation sites (tertiary alicyclic amines) is 1. The summed E-state index contributed by atoms with van der Waals surface area (Å²) < 4.78 is 0. The summed E-state index contributed by atoms with van der Waals surface area (Å²) in [5, 5.41) is 0. The third-order valence-electron chi connectivity index (χ3n) is 3.77. The summed E-state index contributed by atoms with van der Waals surface area (Å²) in [6.07, 6.45) is 5.14. The minimum atomic E-state index is 0.884. The highest BCUT2D eigenvalue weighted by atomic mass is 15.1. The van der Waals surface area contributed by atoms with Crippen LogP contribution in [0.3, 0.4) is 0 Å². The minimum absolute atomic E-state index is 0.884. The highest BCUT2D eigenvalue weighted by Gasteiger charge is 2.14. The zero-order chi connectivity index (χ0) is 12.1. The molecule has 0 saturated carbocycles. The van der Waals surface area contributed by atoms with E-state index < -0.39 is 0 Å². The van der Waals surface area contributed by atoms with Crippen molar-refractivity contribution >= 4 is 5.69 Å². The highest BCUT2D eigenvalue weighted by molar-refractivity contribution is 5.40. The number of nitrogen functional groups attached to an aromatic ring is 1. The Morgan fingerprint density at radius 2 is 2.06 bits per heavy atom. The number of anilines is 1. The first kappa shape index (κ1) is 12.4. The van der Waals surface area contributed by atoms with Gasteiger partial charge in [0, 0.05) is 5.69 Å². The smallest absolute Gasteiger partial charge is 0.0316 e. The maximum atomic E-state index is 5.78. The van der Waals surface area contributed by atoms with Gasteiger partial charge in [0.05, 0.1) is 0 Å². The van der Waals surface area contributed by atoms with Gasteiger partial charge in [-0.15, -0.1) is 0 Å². The van der Waals surface area contributed by atoms with Gasteiger partial charge in [0.25, 0.3) is 0 Å². The van der Waals surface area contributed by atoms with Gasteiger partial charge in [0.15, 0.2) is 0 Å². The van der Waals surface area contributed by atoms with Crippen LogP contribution >= 0.6 is 0 Å². The molecule has 0 amide bonds. The van der Waals surface area contributed by atoms with Crippen molar-refractivity contribution in [2.75, 3.05) is 25.4 Å². The molecule has 1 aliphatic heterocycles. The van der Waals surface area contributed by atoms with Gasteiger partial charge in [-0.3, -0.25) is 0 Å². The molecule has 1 aromatic carbocycles. The molecule has 0 radical (unpaired) electrons. The standard InChI is InChI=1S/C15H24N2/c1-13-7-10-17(11-8-13)9-3-5-14-4-2-6-15(16)12-14/h2,4,6,12-13H,3,5,7-11,16H2,1H3. The number of hydrogen-bond donors (Lipinski definition) is 1. The Balaban J connectivity index is 1.69. The van der Waals surface area contributed by atoms with Crippen molar-refractivity contribution in [3.63, 3.8) is 0 Å². The van der Waals surface area contributed by atoms with Gasteiger partial charge in [-0.05, 0) is 68.9 Å². The normalized spacial score (nSPS) is 18.4. The molecule has 17 heavy (non-hydrogen) atoms. The number of nitrogens with two attached hydrogens (primary N) is 1. The van der Waals surface area contributed by atoms with Crippen molar-refractivity contribution in [3.8, 4) is 0 Å². The van der Waals surface area contributed by atoms with Crippen LogP contribution in [0.5, 0.6) is 0 Å². The van der Waals surface area contributed by atoms with Crippen LogP contribution in [0.4, 0.5) is 5.69 Å². The molecule has 1 heterocycles. The molecule has 0 aromatic heterocycles. The summed E-state index contributed by atoms with van der Waals surface area (Å²) in [6.45, 7) is 6.18. The van der Waals surface area contributed by atoms with E-state index in [0.717, 1.165) is 18.0 Å². The van der Waals surface area contributed by atoms with Crippen LogP contribution in [0.25, 0.3) is 0 Å². The van der Waals surface area contributed by atoms with Crippen molar-refractivity contribution < 1.29 is 0 Å². The van der Waals surface area contributed by atoms with Crippen molar-refractivity contribution in [1.29, 1.82) is 0 Å². The lowest BCUT2D eigenvalue weighted by Gasteiger charge is -2.30. The first-order valence-corrected chi connectivity index (χ1v) is 6.81. The second-order valence-electron chi connectivity index (χ2n) is 5.37. The highest BCUT2D eigenvalue weighted by Crippen LogP contribution is 2.16. The molecule has 2 N–H and O–H groups in total. The largest absolute Gasteiger partial charge is 0.399 e. The quantitative estimate of drug-likeness (QED) is 0.809. The van der Waals surface area contributed by atoms with E-state index in [1.165, 1.54) is 44.5 Å². The Morgan fingerprint density at radius 3 is 2.76 bits per heavy atom. The number of aryl methyl sites for hydroxylation is 1. The zero-order valence-electron chi connectivity index (χ0n) is 10.9. The molecule has 1 aliphatic rings. The molecule has 0 bridgehead atoms. The number of hydrogen-bond acceptors (Lipinski definition) is 2. The van der Waals surface area contributed by atoms with E-state index in [9.17, 15) is 0 Å². The lowest BCUT2D eigenvalue weighted by atomic mass is 9.99. The second-order valence-corrected chi connectivity index (χ2v) is 5.37. The summed E-state index contributed by atoms with van der Waals surface area (Å²) in [5.41, 5.74) is 8.03. The Morgan fingerprint density at radius 1 is 1.29 bits per heavy atom. The fourth-order valence-electron chi connectivity index (χ4n) is 2.54. The van der Waals surface area contributed by atoms with Gasteiger partial charge in [0.1, 0.15) is 0 Å². The zero-order valence-corrected chi connectivity index (χ0v) is 10.9. The molecule has 1 aromatic rings. The predicted molar refractivity (Wildman–Crippen MR) is 74.0 cm³/mol. The van der Waals surface area contributed by atoms with Crippen molar-refractivity contribution in [2.24, 2.45) is 5.92 Å². The average Bonchev–Trinajstić information content (AvgIpc) is 2.32. The topological polar surface area (TPSA) is 29.3 Å². The van der Waals surface area contributed by atoms with Crippen molar-refractivity contribution in [3.05, 3.63) is 29.8 Å². The Labute approximate surface area is 105 Å². The van der Waals surface area contributed by atoms with E-state index in [4.69, 9.17) is 5.73 Å². The lowest BCUT2D eigenvalue weighted by Crippen LogP contribution is -2.33. The van der Waals surface area contributed by atoms with Gasteiger partial charge in [-0.1, -0.05) is 19.1 Å². The maximum absolute atomic E-state index is 5.78. The molecule has 94 valence electrons. The summed E-state index contributed by atoms with van der Waals surface area (Å²) in [4.78, 5) is 2.60. The van der Waals surface area contributed by atoms with Gasteiger partial charge in [-0.25, -0.2) is 0 Å². The first-order valence-electron chi connectivity index (χ1n) is 6.81. The van der Waals surface area contributed by atoms with E-state index in [-0.39, 0.29) is 0 Å². The summed E-state index contributed by atoms with van der Waals surface area (Å²) in [5.74, 6) is 0.931. The number of rotatable bonds is 4. The predicted octanol–water partition coefficient (Wildman–Crippen LogP) is 2.93. The molecule has 0 spiro atoms. The van der Waals surface area contributed by atoms with E-state index in [2.05, 4.69) is 24.0 Å². The maximum Gasteiger partial charge on any atom is 0.0316 e. The second kappa shape index (κ2) is 6.06. The molecular weight excluding hydrogens is 208 g/mol. The third kappa shape index (κ3) is 4.04. The van der Waals surface area contributed by atoms with Gasteiger partial charge in [-0.2, -0.15) is 0 Å². The molecule has 2 rings (SSSR count). The van der Waals surface area contributed by atoms with Crippen LogP contribution in [0.1, 0.15) is 31.7 Å². The number of benzene rings is 1. The third-order valence-corrected chi connectivity index (χ3v) is 3.77. The van der Waals surface area contributed by atoms with Gasteiger partial charge in [0.2, 0.25) is 0 Å². The van der Waals surface area contributed by atoms with Crippen LogP contribution in [0.2, 0.25) is 0 Å². The van der Waals surface area contributed by atoms with Crippen LogP contribution in [0, 0.1) is 5.92 Å². The molecule has 2 nitrogen and oxygen atoms in total. The first-order chi connectivity index (χ1) is 8.24. The summed E-state index contributed by atoms with van der Waals surface area (Å²) >= 11 is 0. The fraction of sp³-hybridized carbons (Fsp3) is 0.600.